The lowest BCUT2D eigenvalue weighted by Gasteiger charge is -2.35. The molecule has 0 aliphatic carbocycles. The fraction of sp³-hybridized carbons (Fsp3) is 0.200. The van der Waals surface area contributed by atoms with Crippen LogP contribution in [0.15, 0.2) is 106 Å². The van der Waals surface area contributed by atoms with Gasteiger partial charge in [-0.1, -0.05) is 46.3 Å². The third-order valence-corrected chi connectivity index (χ3v) is 9.31. The van der Waals surface area contributed by atoms with Gasteiger partial charge in [-0.3, -0.25) is 14.2 Å². The van der Waals surface area contributed by atoms with Gasteiger partial charge >= 0.3 is 6.18 Å². The maximum absolute atomic E-state index is 14.5. The molecule has 2 aromatic heterocycles. The van der Waals surface area contributed by atoms with Gasteiger partial charge in [-0.05, 0) is 68.0 Å². The number of benzene rings is 3. The minimum absolute atomic E-state index is 0.0131. The smallest absolute Gasteiger partial charge is 0.358 e. The average molecular weight is 718 g/mol. The molecule has 0 N–H and O–H groups in total. The summed E-state index contributed by atoms with van der Waals surface area (Å²) in [4.78, 5) is 39.5. The maximum Gasteiger partial charge on any atom is 0.417 e. The summed E-state index contributed by atoms with van der Waals surface area (Å²) in [5.41, 5.74) is 3.42. The van der Waals surface area contributed by atoms with Crippen LogP contribution in [0.3, 0.4) is 0 Å². The van der Waals surface area contributed by atoms with Crippen LogP contribution in [-0.2, 0) is 30.4 Å². The Morgan fingerprint density at radius 2 is 1.81 bits per heavy atom. The first-order valence-electron chi connectivity index (χ1n) is 15.1. The maximum atomic E-state index is 14.5. The van der Waals surface area contributed by atoms with E-state index in [1.54, 1.807) is 29.3 Å². The molecule has 0 unspecified atom stereocenters. The third kappa shape index (κ3) is 5.47. The molecule has 9 nitrogen and oxygen atoms in total. The predicted molar refractivity (Wildman–Crippen MR) is 177 cm³/mol. The number of hydroxylamine groups is 2. The molecule has 1 atom stereocenters. The van der Waals surface area contributed by atoms with E-state index in [0.717, 1.165) is 22.8 Å². The van der Waals surface area contributed by atoms with E-state index < -0.39 is 23.7 Å². The minimum Gasteiger partial charge on any atom is -0.358 e. The van der Waals surface area contributed by atoms with Crippen LogP contribution in [0.5, 0.6) is 0 Å². The van der Waals surface area contributed by atoms with Crippen molar-refractivity contribution in [2.24, 2.45) is 4.99 Å². The fourth-order valence-electron chi connectivity index (χ4n) is 6.29. The molecule has 2 aliphatic rings. The summed E-state index contributed by atoms with van der Waals surface area (Å²) in [5.74, 6) is 0.286. The van der Waals surface area contributed by atoms with Gasteiger partial charge in [0.15, 0.2) is 5.84 Å². The van der Waals surface area contributed by atoms with E-state index in [4.69, 9.17) is 9.94 Å². The van der Waals surface area contributed by atoms with Crippen LogP contribution in [0.2, 0.25) is 0 Å². The standard InChI is InChI=1S/C35H28BrF3N6O3/c1-20-15-27-30(19-43(20)33(46)24-11-14-29(36)28(17-24)35(37,38)39)45-32(25(18-40-45)16-22-7-5-4-6-8-22)44(34(27)47)26-12-9-23(10-13-26)31-41-21(2)48-42(31)3/h4-14,17-18,20H,2,15-16,19H2,1,3H3/t20-/m0/s1. The van der Waals surface area contributed by atoms with Crippen molar-refractivity contribution in [2.75, 3.05) is 7.05 Å². The zero-order chi connectivity index (χ0) is 33.9. The number of hydrogen-bond acceptors (Lipinski definition) is 6. The van der Waals surface area contributed by atoms with Crippen LogP contribution < -0.4 is 5.56 Å². The highest BCUT2D eigenvalue weighted by Crippen LogP contribution is 2.36. The number of fused-ring (bicyclic) bond motifs is 3. The minimum atomic E-state index is -4.64. The number of aliphatic imine (C=N–C) groups is 1. The van der Waals surface area contributed by atoms with E-state index in [-0.39, 0.29) is 34.4 Å². The van der Waals surface area contributed by atoms with Crippen molar-refractivity contribution in [3.8, 4) is 5.69 Å². The van der Waals surface area contributed by atoms with Crippen LogP contribution in [-0.4, -0.2) is 49.0 Å². The van der Waals surface area contributed by atoms with Gasteiger partial charge in [0.2, 0.25) is 5.88 Å². The zero-order valence-corrected chi connectivity index (χ0v) is 27.4. The first-order chi connectivity index (χ1) is 22.9. The fourth-order valence-corrected chi connectivity index (χ4v) is 6.77. The molecular formula is C35H28BrF3N6O3. The second-order valence-corrected chi connectivity index (χ2v) is 12.6. The van der Waals surface area contributed by atoms with Crippen molar-refractivity contribution in [2.45, 2.75) is 38.5 Å². The Morgan fingerprint density at radius 1 is 1.08 bits per heavy atom. The molecule has 0 fully saturated rings. The summed E-state index contributed by atoms with van der Waals surface area (Å²) >= 11 is 2.95. The number of alkyl halides is 3. The summed E-state index contributed by atoms with van der Waals surface area (Å²) in [6, 6.07) is 20.1. The topological polar surface area (TPSA) is 84.4 Å². The summed E-state index contributed by atoms with van der Waals surface area (Å²) in [5, 5.41) is 6.23. The summed E-state index contributed by atoms with van der Waals surface area (Å²) in [6.45, 7) is 5.52. The van der Waals surface area contributed by atoms with E-state index in [1.807, 2.05) is 54.6 Å². The lowest BCUT2D eigenvalue weighted by Crippen LogP contribution is -2.46. The second kappa shape index (κ2) is 11.8. The van der Waals surface area contributed by atoms with Gasteiger partial charge in [-0.2, -0.15) is 28.3 Å². The van der Waals surface area contributed by atoms with Gasteiger partial charge < -0.3 is 9.74 Å². The Hall–Kier alpha value is -5.17. The predicted octanol–water partition coefficient (Wildman–Crippen LogP) is 6.54. The van der Waals surface area contributed by atoms with Crippen LogP contribution >= 0.6 is 15.9 Å². The van der Waals surface area contributed by atoms with Crippen molar-refractivity contribution >= 4 is 33.3 Å². The van der Waals surface area contributed by atoms with Gasteiger partial charge in [0.25, 0.3) is 11.5 Å². The molecule has 13 heteroatoms. The average Bonchev–Trinajstić information content (AvgIpc) is 3.62. The molecule has 5 aromatic rings. The molecule has 48 heavy (non-hydrogen) atoms. The first kappa shape index (κ1) is 31.4. The highest BCUT2D eigenvalue weighted by molar-refractivity contribution is 9.10. The van der Waals surface area contributed by atoms with Crippen molar-refractivity contribution in [1.29, 1.82) is 0 Å². The number of amidine groups is 1. The molecule has 7 rings (SSSR count). The van der Waals surface area contributed by atoms with E-state index >= 15 is 0 Å². The number of hydrogen-bond donors (Lipinski definition) is 0. The Kier molecular flexibility index (Phi) is 7.74. The van der Waals surface area contributed by atoms with E-state index in [2.05, 4.69) is 27.5 Å². The molecule has 0 spiro atoms. The molecule has 0 bridgehead atoms. The molecular weight excluding hydrogens is 689 g/mol. The SMILES string of the molecule is C=C1N=C(c2ccc(-n3c(=O)c4c(n5ncc(Cc6ccccc6)c35)CN(C(=O)c3ccc(Br)c(C(F)(F)F)c3)[C@@H](C)C4)cc2)N(C)O1. The molecule has 1 amide bonds. The van der Waals surface area contributed by atoms with Crippen LogP contribution in [0.25, 0.3) is 11.3 Å². The monoisotopic (exact) mass is 716 g/mol. The molecule has 244 valence electrons. The van der Waals surface area contributed by atoms with E-state index in [0.29, 0.717) is 34.8 Å². The molecule has 2 aliphatic heterocycles. The van der Waals surface area contributed by atoms with Crippen molar-refractivity contribution < 1.29 is 22.8 Å². The van der Waals surface area contributed by atoms with E-state index in [1.165, 1.54) is 22.1 Å². The molecule has 4 heterocycles. The molecule has 0 saturated carbocycles. The quantitative estimate of drug-likeness (QED) is 0.206. The first-order valence-corrected chi connectivity index (χ1v) is 15.8. The number of aromatic nitrogens is 3. The Balaban J connectivity index is 1.35. The number of halogens is 4. The summed E-state index contributed by atoms with van der Waals surface area (Å²) in [7, 11) is 1.73. The van der Waals surface area contributed by atoms with Gasteiger partial charge in [0.05, 0.1) is 29.7 Å². The third-order valence-electron chi connectivity index (χ3n) is 8.62. The van der Waals surface area contributed by atoms with E-state index in [9.17, 15) is 22.8 Å². The number of amides is 1. The van der Waals surface area contributed by atoms with Crippen LogP contribution in [0.4, 0.5) is 13.2 Å². The summed E-state index contributed by atoms with van der Waals surface area (Å²) in [6.07, 6.45) is -2.25. The Morgan fingerprint density at radius 3 is 2.48 bits per heavy atom. The molecule has 0 saturated heterocycles. The van der Waals surface area contributed by atoms with Crippen LogP contribution in [0, 0.1) is 0 Å². The summed E-state index contributed by atoms with van der Waals surface area (Å²) < 4.78 is 44.2. The molecule has 3 aromatic carbocycles. The van der Waals surface area contributed by atoms with Gasteiger partial charge in [0.1, 0.15) is 5.65 Å². The normalized spacial score (nSPS) is 16.2. The lowest BCUT2D eigenvalue weighted by atomic mass is 9.97. The van der Waals surface area contributed by atoms with Gasteiger partial charge in [0, 0.05) is 46.2 Å². The van der Waals surface area contributed by atoms with Crippen molar-refractivity contribution in [1.82, 2.24) is 24.1 Å². The highest BCUT2D eigenvalue weighted by atomic mass is 79.9. The zero-order valence-electron chi connectivity index (χ0n) is 25.8. The van der Waals surface area contributed by atoms with Crippen LogP contribution in [0.1, 0.15) is 50.8 Å². The van der Waals surface area contributed by atoms with Gasteiger partial charge in [-0.25, -0.2) is 4.52 Å². The number of nitrogens with zero attached hydrogens (tertiary/aromatic N) is 6. The Labute approximate surface area is 281 Å². The Bertz CT molecular complexity index is 2190. The number of carbonyl (C=O) groups is 1. The van der Waals surface area contributed by atoms with Gasteiger partial charge in [-0.15, -0.1) is 0 Å². The highest BCUT2D eigenvalue weighted by Gasteiger charge is 2.36. The second-order valence-electron chi connectivity index (χ2n) is 11.8. The number of rotatable bonds is 5. The lowest BCUT2D eigenvalue weighted by molar-refractivity contribution is -0.138. The molecule has 0 radical (unpaired) electrons. The van der Waals surface area contributed by atoms with Crippen molar-refractivity contribution in [3.05, 3.63) is 145 Å². The van der Waals surface area contributed by atoms with Crippen molar-refractivity contribution in [3.63, 3.8) is 0 Å². The number of carbonyl (C=O) groups excluding carboxylic acids is 1. The largest absolute Gasteiger partial charge is 0.417 e.